The van der Waals surface area contributed by atoms with Crippen LogP contribution in [0.5, 0.6) is 0 Å². The number of benzene rings is 1. The van der Waals surface area contributed by atoms with Gasteiger partial charge in [0.25, 0.3) is 5.91 Å². The number of aromatic nitrogens is 2. The summed E-state index contributed by atoms with van der Waals surface area (Å²) in [6, 6.07) is 3.04. The van der Waals surface area contributed by atoms with E-state index in [4.69, 9.17) is 9.79 Å². The van der Waals surface area contributed by atoms with Crippen LogP contribution >= 0.6 is 18.9 Å². The Morgan fingerprint density at radius 2 is 1.90 bits per heavy atom. The molecule has 3 aliphatic rings. The molecule has 1 aromatic carbocycles. The lowest BCUT2D eigenvalue weighted by molar-refractivity contribution is -0.148. The number of alkyl halides is 2. The van der Waals surface area contributed by atoms with E-state index < -0.39 is 36.8 Å². The lowest BCUT2D eigenvalue weighted by Gasteiger charge is -2.42. The van der Waals surface area contributed by atoms with Gasteiger partial charge in [-0.2, -0.15) is 8.78 Å². The van der Waals surface area contributed by atoms with Crippen LogP contribution in [0.1, 0.15) is 59.1 Å². The summed E-state index contributed by atoms with van der Waals surface area (Å²) in [5.41, 5.74) is -5.22. The molecule has 15 heteroatoms. The molecule has 3 aromatic rings. The fraction of sp³-hybridized carbons (Fsp3) is 0.481. The van der Waals surface area contributed by atoms with Gasteiger partial charge in [0.2, 0.25) is 11.8 Å². The summed E-state index contributed by atoms with van der Waals surface area (Å²) in [6.07, 6.45) is 6.72. The number of imidazole rings is 1. The number of carbonyl (C=O) groups excluding carboxylic acids is 3. The molecule has 224 valence electrons. The zero-order valence-corrected chi connectivity index (χ0v) is 24.4. The Balaban J connectivity index is 1.15. The van der Waals surface area contributed by atoms with Crippen molar-refractivity contribution in [3.8, 4) is 0 Å². The molecule has 3 fully saturated rings. The topological polar surface area (TPSA) is 145 Å². The summed E-state index contributed by atoms with van der Waals surface area (Å²) >= 11 is 1.02. The first kappa shape index (κ1) is 28.9. The Morgan fingerprint density at radius 3 is 2.60 bits per heavy atom. The van der Waals surface area contributed by atoms with Gasteiger partial charge in [0.1, 0.15) is 17.9 Å². The summed E-state index contributed by atoms with van der Waals surface area (Å²) in [7, 11) is -3.82. The SMILES string of the molecule is Cn1ccnc1C1CN(C(=O)[C@@H]2CC[C@@H]3CCC[C@H](NC(=O)c4cc5cc(C(F)(F)P(=O)(O)O)ccc5s4)C(=O)N32)C1. The molecule has 0 aliphatic carbocycles. The second kappa shape index (κ2) is 10.5. The lowest BCUT2D eigenvalue weighted by Crippen LogP contribution is -2.58. The zero-order valence-electron chi connectivity index (χ0n) is 22.7. The van der Waals surface area contributed by atoms with Gasteiger partial charge in [-0.05, 0) is 55.7 Å². The largest absolute Gasteiger partial charge is 0.399 e. The maximum atomic E-state index is 14.2. The molecule has 0 radical (unpaired) electrons. The number of carbonyl (C=O) groups is 3. The Morgan fingerprint density at radius 1 is 1.14 bits per heavy atom. The van der Waals surface area contributed by atoms with E-state index in [1.165, 1.54) is 12.1 Å². The van der Waals surface area contributed by atoms with E-state index in [9.17, 15) is 27.7 Å². The molecular formula is C27H30F2N5O6PS. The number of halogens is 2. The van der Waals surface area contributed by atoms with E-state index in [1.807, 2.05) is 17.8 Å². The molecule has 3 aliphatic heterocycles. The molecule has 0 bridgehead atoms. The highest BCUT2D eigenvalue weighted by atomic mass is 32.1. The molecule has 3 atom stereocenters. The lowest BCUT2D eigenvalue weighted by atomic mass is 9.97. The van der Waals surface area contributed by atoms with E-state index in [0.29, 0.717) is 37.1 Å². The number of thiophene rings is 1. The van der Waals surface area contributed by atoms with Crippen molar-refractivity contribution in [3.05, 3.63) is 52.9 Å². The van der Waals surface area contributed by atoms with Crippen LogP contribution in [0, 0.1) is 0 Å². The van der Waals surface area contributed by atoms with Crippen molar-refractivity contribution in [2.45, 2.75) is 61.8 Å². The highest BCUT2D eigenvalue weighted by Gasteiger charge is 2.51. The van der Waals surface area contributed by atoms with Crippen LogP contribution in [-0.2, 0) is 26.9 Å². The first-order chi connectivity index (χ1) is 19.8. The standard InChI is InChI=1S/C27H30F2N5O6PS/c1-32-10-9-30-23(32)16-13-33(14-16)26(37)20-7-6-18-3-2-4-19(25(36)34(18)20)31-24(35)22-12-15-11-17(5-8-21(15)42-22)27(28,29)41(38,39)40/h5,8-12,16,18-20H,2-4,6-7,13-14H2,1H3,(H,31,35)(H2,38,39,40)/t18-,19-,20-/m0/s1. The minimum Gasteiger partial charge on any atom is -0.340 e. The number of nitrogens with zero attached hydrogens (tertiary/aromatic N) is 4. The van der Waals surface area contributed by atoms with Crippen molar-refractivity contribution in [3.63, 3.8) is 0 Å². The highest BCUT2D eigenvalue weighted by molar-refractivity contribution is 7.52. The molecule has 0 unspecified atom stereocenters. The van der Waals surface area contributed by atoms with Gasteiger partial charge in [0.15, 0.2) is 0 Å². The quantitative estimate of drug-likeness (QED) is 0.359. The summed E-state index contributed by atoms with van der Waals surface area (Å²) in [6.45, 7) is 1.08. The number of nitrogens with one attached hydrogen (secondary N) is 1. The molecule has 3 N–H and O–H groups in total. The summed E-state index contributed by atoms with van der Waals surface area (Å²) < 4.78 is 42.1. The monoisotopic (exact) mass is 621 g/mol. The van der Waals surface area contributed by atoms with E-state index in [2.05, 4.69) is 10.3 Å². The van der Waals surface area contributed by atoms with Crippen molar-refractivity contribution >= 4 is 46.7 Å². The minimum atomic E-state index is -5.74. The fourth-order valence-corrected chi connectivity index (χ4v) is 7.70. The first-order valence-corrected chi connectivity index (χ1v) is 16.1. The third-order valence-electron chi connectivity index (χ3n) is 8.55. The molecular weight excluding hydrogens is 591 g/mol. The predicted octanol–water partition coefficient (Wildman–Crippen LogP) is 3.13. The number of likely N-dealkylation sites (tertiary alicyclic amines) is 1. The summed E-state index contributed by atoms with van der Waals surface area (Å²) in [5, 5.41) is 3.02. The number of hydrogen-bond acceptors (Lipinski definition) is 6. The van der Waals surface area contributed by atoms with Crippen molar-refractivity contribution < 1.29 is 37.5 Å². The Hall–Kier alpha value is -3.19. The maximum Gasteiger partial charge on any atom is 0.399 e. The van der Waals surface area contributed by atoms with Crippen LogP contribution in [0.2, 0.25) is 0 Å². The molecule has 0 saturated carbocycles. The van der Waals surface area contributed by atoms with E-state index >= 15 is 0 Å². The molecule has 6 rings (SSSR count). The molecule has 11 nitrogen and oxygen atoms in total. The second-order valence-electron chi connectivity index (χ2n) is 11.2. The molecule has 5 heterocycles. The first-order valence-electron chi connectivity index (χ1n) is 13.7. The van der Waals surface area contributed by atoms with Crippen molar-refractivity contribution in [2.75, 3.05) is 13.1 Å². The van der Waals surface area contributed by atoms with Gasteiger partial charge >= 0.3 is 13.3 Å². The van der Waals surface area contributed by atoms with Crippen LogP contribution in [0.4, 0.5) is 8.78 Å². The van der Waals surface area contributed by atoms with Gasteiger partial charge in [-0.25, -0.2) is 4.98 Å². The van der Waals surface area contributed by atoms with Gasteiger partial charge in [0, 0.05) is 48.8 Å². The Kier molecular flexibility index (Phi) is 7.24. The second-order valence-corrected chi connectivity index (χ2v) is 14.0. The van der Waals surface area contributed by atoms with Crippen LogP contribution in [0.15, 0.2) is 36.7 Å². The smallest absolute Gasteiger partial charge is 0.340 e. The molecule has 42 heavy (non-hydrogen) atoms. The fourth-order valence-electron chi connectivity index (χ4n) is 6.28. The van der Waals surface area contributed by atoms with Crippen molar-refractivity contribution in [2.24, 2.45) is 7.05 Å². The normalized spacial score (nSPS) is 23.5. The minimum absolute atomic E-state index is 0.0709. The average molecular weight is 622 g/mol. The molecule has 0 spiro atoms. The number of amides is 3. The van der Waals surface area contributed by atoms with Crippen LogP contribution in [0.25, 0.3) is 10.1 Å². The maximum absolute atomic E-state index is 14.2. The Labute approximate surface area is 243 Å². The summed E-state index contributed by atoms with van der Waals surface area (Å²) in [4.78, 5) is 66.5. The third kappa shape index (κ3) is 4.93. The zero-order chi connectivity index (χ0) is 30.0. The number of fused-ring (bicyclic) bond motifs is 2. The van der Waals surface area contributed by atoms with Crippen LogP contribution in [0.3, 0.4) is 0 Å². The molecule has 2 aromatic heterocycles. The number of aryl methyl sites for hydroxylation is 1. The van der Waals surface area contributed by atoms with E-state index in [0.717, 1.165) is 42.1 Å². The van der Waals surface area contributed by atoms with Gasteiger partial charge in [0.05, 0.1) is 10.8 Å². The van der Waals surface area contributed by atoms with Crippen molar-refractivity contribution in [1.82, 2.24) is 24.7 Å². The Bertz CT molecular complexity index is 1610. The van der Waals surface area contributed by atoms with Gasteiger partial charge in [-0.3, -0.25) is 18.9 Å². The van der Waals surface area contributed by atoms with Crippen LogP contribution < -0.4 is 5.32 Å². The van der Waals surface area contributed by atoms with Gasteiger partial charge in [-0.15, -0.1) is 11.3 Å². The molecule has 3 amide bonds. The van der Waals surface area contributed by atoms with E-state index in [-0.39, 0.29) is 34.0 Å². The van der Waals surface area contributed by atoms with Gasteiger partial charge in [-0.1, -0.05) is 6.07 Å². The van der Waals surface area contributed by atoms with Gasteiger partial charge < -0.3 is 29.5 Å². The summed E-state index contributed by atoms with van der Waals surface area (Å²) in [5.74, 6) is 0.130. The van der Waals surface area contributed by atoms with Crippen molar-refractivity contribution in [1.29, 1.82) is 0 Å². The molecule has 3 saturated heterocycles. The van der Waals surface area contributed by atoms with E-state index in [1.54, 1.807) is 16.0 Å². The predicted molar refractivity (Wildman–Crippen MR) is 149 cm³/mol. The number of rotatable bonds is 6. The third-order valence-corrected chi connectivity index (χ3v) is 10.7. The highest BCUT2D eigenvalue weighted by Crippen LogP contribution is 2.59. The number of hydrogen-bond donors (Lipinski definition) is 3. The average Bonchev–Trinajstić information content (AvgIpc) is 3.62. The van der Waals surface area contributed by atoms with Crippen LogP contribution in [-0.4, -0.2) is 78.1 Å².